The lowest BCUT2D eigenvalue weighted by molar-refractivity contribution is 0.316. The van der Waals surface area contributed by atoms with Gasteiger partial charge in [-0.25, -0.2) is 0 Å². The van der Waals surface area contributed by atoms with Crippen LogP contribution in [0, 0.1) is 13.8 Å². The molecule has 1 rings (SSSR count). The van der Waals surface area contributed by atoms with Gasteiger partial charge in [0.15, 0.2) is 0 Å². The van der Waals surface area contributed by atoms with Gasteiger partial charge in [-0.2, -0.15) is 8.42 Å². The van der Waals surface area contributed by atoms with E-state index >= 15 is 0 Å². The summed E-state index contributed by atoms with van der Waals surface area (Å²) in [7, 11) is -3.29. The quantitative estimate of drug-likeness (QED) is 0.587. The second-order valence-electron chi connectivity index (χ2n) is 4.13. The number of aryl methyl sites for hydroxylation is 3. The first-order valence-corrected chi connectivity index (χ1v) is 7.10. The summed E-state index contributed by atoms with van der Waals surface area (Å²) in [4.78, 5) is 0. The van der Waals surface area contributed by atoms with Crippen molar-refractivity contribution in [2.24, 2.45) is 0 Å². The Morgan fingerprint density at radius 2 is 1.69 bits per heavy atom. The zero-order valence-electron chi connectivity index (χ0n) is 9.99. The summed E-state index contributed by atoms with van der Waals surface area (Å²) < 4.78 is 26.1. The Bertz CT molecular complexity index is 429. The van der Waals surface area contributed by atoms with Gasteiger partial charge in [-0.1, -0.05) is 29.3 Å². The minimum absolute atomic E-state index is 0.256. The molecule has 0 bridgehead atoms. The van der Waals surface area contributed by atoms with E-state index in [4.69, 9.17) is 0 Å². The van der Waals surface area contributed by atoms with Gasteiger partial charge in [0, 0.05) is 0 Å². The predicted molar refractivity (Wildman–Crippen MR) is 65.0 cm³/mol. The SMILES string of the molecule is Cc1cc(C)cc(CCCOS(C)(=O)=O)c1. The first kappa shape index (κ1) is 13.2. The maximum atomic E-state index is 10.7. The summed E-state index contributed by atoms with van der Waals surface area (Å²) >= 11 is 0. The molecule has 0 aliphatic carbocycles. The average Bonchev–Trinajstić information content (AvgIpc) is 2.09. The summed E-state index contributed by atoms with van der Waals surface area (Å²) in [5, 5.41) is 0. The molecule has 0 amide bonds. The third kappa shape index (κ3) is 5.28. The maximum absolute atomic E-state index is 10.7. The van der Waals surface area contributed by atoms with E-state index in [1.807, 2.05) is 0 Å². The third-order valence-electron chi connectivity index (χ3n) is 2.19. The van der Waals surface area contributed by atoms with Crippen LogP contribution < -0.4 is 0 Å². The van der Waals surface area contributed by atoms with Crippen molar-refractivity contribution in [2.45, 2.75) is 26.7 Å². The van der Waals surface area contributed by atoms with Crippen LogP contribution in [0.2, 0.25) is 0 Å². The van der Waals surface area contributed by atoms with Crippen molar-refractivity contribution in [3.05, 3.63) is 34.9 Å². The van der Waals surface area contributed by atoms with Crippen molar-refractivity contribution in [1.29, 1.82) is 0 Å². The highest BCUT2D eigenvalue weighted by Gasteiger charge is 2.01. The van der Waals surface area contributed by atoms with E-state index < -0.39 is 10.1 Å². The molecule has 0 saturated carbocycles. The molecule has 0 N–H and O–H groups in total. The monoisotopic (exact) mass is 242 g/mol. The molecular formula is C12H18O3S. The molecule has 0 fully saturated rings. The molecule has 0 radical (unpaired) electrons. The minimum Gasteiger partial charge on any atom is -0.270 e. The number of rotatable bonds is 5. The molecule has 0 atom stereocenters. The van der Waals surface area contributed by atoms with Crippen molar-refractivity contribution in [3.63, 3.8) is 0 Å². The topological polar surface area (TPSA) is 43.4 Å². The van der Waals surface area contributed by atoms with Crippen LogP contribution in [0.15, 0.2) is 18.2 Å². The van der Waals surface area contributed by atoms with Crippen molar-refractivity contribution in [1.82, 2.24) is 0 Å². The van der Waals surface area contributed by atoms with Gasteiger partial charge in [0.05, 0.1) is 12.9 Å². The molecule has 4 heteroatoms. The second-order valence-corrected chi connectivity index (χ2v) is 5.77. The van der Waals surface area contributed by atoms with Gasteiger partial charge in [0.1, 0.15) is 0 Å². The Balaban J connectivity index is 2.43. The lowest BCUT2D eigenvalue weighted by atomic mass is 10.0. The summed E-state index contributed by atoms with van der Waals surface area (Å²) in [5.74, 6) is 0. The highest BCUT2D eigenvalue weighted by atomic mass is 32.2. The first-order chi connectivity index (χ1) is 7.37. The van der Waals surface area contributed by atoms with E-state index in [9.17, 15) is 8.42 Å². The minimum atomic E-state index is -3.29. The molecule has 0 heterocycles. The zero-order valence-corrected chi connectivity index (χ0v) is 10.8. The second kappa shape index (κ2) is 5.46. The molecule has 1 aromatic carbocycles. The molecule has 0 aliphatic heterocycles. The number of benzene rings is 1. The van der Waals surface area contributed by atoms with Crippen LogP contribution in [0.5, 0.6) is 0 Å². The van der Waals surface area contributed by atoms with Gasteiger partial charge in [-0.15, -0.1) is 0 Å². The Morgan fingerprint density at radius 1 is 1.12 bits per heavy atom. The van der Waals surface area contributed by atoms with Crippen LogP contribution in [0.3, 0.4) is 0 Å². The summed E-state index contributed by atoms with van der Waals surface area (Å²) in [6, 6.07) is 6.36. The fourth-order valence-corrected chi connectivity index (χ4v) is 2.12. The maximum Gasteiger partial charge on any atom is 0.264 e. The van der Waals surface area contributed by atoms with E-state index in [1.165, 1.54) is 16.7 Å². The van der Waals surface area contributed by atoms with Crippen molar-refractivity contribution in [2.75, 3.05) is 12.9 Å². The molecule has 0 unspecified atom stereocenters. The van der Waals surface area contributed by atoms with Crippen molar-refractivity contribution in [3.8, 4) is 0 Å². The van der Waals surface area contributed by atoms with Crippen LogP contribution in [0.1, 0.15) is 23.1 Å². The molecule has 3 nitrogen and oxygen atoms in total. The van der Waals surface area contributed by atoms with Crippen LogP contribution in [0.25, 0.3) is 0 Å². The molecule has 16 heavy (non-hydrogen) atoms. The van der Waals surface area contributed by atoms with Crippen LogP contribution in [-0.2, 0) is 20.7 Å². The summed E-state index contributed by atoms with van der Waals surface area (Å²) in [6.07, 6.45) is 2.64. The number of hydrogen-bond donors (Lipinski definition) is 0. The fourth-order valence-electron chi connectivity index (χ4n) is 1.70. The predicted octanol–water partition coefficient (Wildman–Crippen LogP) is 2.21. The van der Waals surface area contributed by atoms with Gasteiger partial charge >= 0.3 is 0 Å². The van der Waals surface area contributed by atoms with Gasteiger partial charge in [-0.3, -0.25) is 4.18 Å². The molecule has 0 spiro atoms. The van der Waals surface area contributed by atoms with E-state index in [2.05, 4.69) is 36.2 Å². The molecular weight excluding hydrogens is 224 g/mol. The Hall–Kier alpha value is -0.870. The number of hydrogen-bond acceptors (Lipinski definition) is 3. The molecule has 0 saturated heterocycles. The Morgan fingerprint density at radius 3 is 2.19 bits per heavy atom. The van der Waals surface area contributed by atoms with Crippen LogP contribution >= 0.6 is 0 Å². The third-order valence-corrected chi connectivity index (χ3v) is 2.78. The average molecular weight is 242 g/mol. The molecule has 1 aromatic rings. The van der Waals surface area contributed by atoms with Crippen LogP contribution in [-0.4, -0.2) is 21.3 Å². The lowest BCUT2D eigenvalue weighted by Gasteiger charge is -2.05. The van der Waals surface area contributed by atoms with Gasteiger partial charge in [-0.05, 0) is 32.3 Å². The van der Waals surface area contributed by atoms with E-state index in [-0.39, 0.29) is 6.61 Å². The lowest BCUT2D eigenvalue weighted by Crippen LogP contribution is -2.05. The molecule has 90 valence electrons. The van der Waals surface area contributed by atoms with Crippen LogP contribution in [0.4, 0.5) is 0 Å². The largest absolute Gasteiger partial charge is 0.270 e. The first-order valence-electron chi connectivity index (χ1n) is 5.28. The Labute approximate surface area is 97.6 Å². The Kier molecular flexibility index (Phi) is 4.50. The summed E-state index contributed by atoms with van der Waals surface area (Å²) in [6.45, 7) is 4.37. The van der Waals surface area contributed by atoms with Crippen molar-refractivity contribution < 1.29 is 12.6 Å². The van der Waals surface area contributed by atoms with Crippen molar-refractivity contribution >= 4 is 10.1 Å². The van der Waals surface area contributed by atoms with Gasteiger partial charge in [0.2, 0.25) is 0 Å². The summed E-state index contributed by atoms with van der Waals surface area (Å²) in [5.41, 5.74) is 3.70. The highest BCUT2D eigenvalue weighted by Crippen LogP contribution is 2.10. The molecule has 0 aromatic heterocycles. The zero-order chi connectivity index (χ0) is 12.2. The van der Waals surface area contributed by atoms with Gasteiger partial charge < -0.3 is 0 Å². The normalized spacial score (nSPS) is 11.7. The smallest absolute Gasteiger partial charge is 0.264 e. The standard InChI is InChI=1S/C12H18O3S/c1-10-7-11(2)9-12(8-10)5-4-6-15-16(3,13)14/h7-9H,4-6H2,1-3H3. The van der Waals surface area contributed by atoms with E-state index in [0.717, 1.165) is 19.1 Å². The molecule has 0 aliphatic rings. The van der Waals surface area contributed by atoms with E-state index in [1.54, 1.807) is 0 Å². The van der Waals surface area contributed by atoms with Gasteiger partial charge in [0.25, 0.3) is 10.1 Å². The highest BCUT2D eigenvalue weighted by molar-refractivity contribution is 7.85. The fraction of sp³-hybridized carbons (Fsp3) is 0.500. The van der Waals surface area contributed by atoms with E-state index in [0.29, 0.717) is 0 Å².